The first kappa shape index (κ1) is 18.8. The molecular weight excluding hydrogens is 248 g/mol. The third kappa shape index (κ3) is 2.95. The van der Waals surface area contributed by atoms with Gasteiger partial charge in [-0.15, -0.1) is 0 Å². The quantitative estimate of drug-likeness (QED) is 0.460. The van der Waals surface area contributed by atoms with Crippen molar-refractivity contribution in [2.75, 3.05) is 13.2 Å². The lowest BCUT2D eigenvalue weighted by Crippen LogP contribution is -2.70. The van der Waals surface area contributed by atoms with Crippen LogP contribution in [-0.2, 0) is 0 Å². The standard InChI is InChI=1S/C14H30O5/c1-11(2,9-16)14(12(3,4)18,13(5,6)19)10(17)7-8-15/h10,15-19H,7-9H2,1-6H3. The fourth-order valence-electron chi connectivity index (χ4n) is 4.13. The molecule has 0 aromatic rings. The Kier molecular flexibility index (Phi) is 5.60. The maximum atomic E-state index is 10.6. The molecule has 0 heterocycles. The molecule has 5 N–H and O–H groups in total. The molecule has 0 aliphatic rings. The van der Waals surface area contributed by atoms with Gasteiger partial charge in [0.25, 0.3) is 0 Å². The first-order valence-electron chi connectivity index (χ1n) is 6.64. The van der Waals surface area contributed by atoms with Gasteiger partial charge >= 0.3 is 0 Å². The Morgan fingerprint density at radius 1 is 0.842 bits per heavy atom. The van der Waals surface area contributed by atoms with Crippen LogP contribution in [0.3, 0.4) is 0 Å². The van der Waals surface area contributed by atoms with E-state index in [1.807, 2.05) is 0 Å². The van der Waals surface area contributed by atoms with Crippen molar-refractivity contribution < 1.29 is 25.5 Å². The predicted octanol–water partition coefficient (Wildman–Crippen LogP) is 0.276. The zero-order chi connectivity index (χ0) is 15.7. The van der Waals surface area contributed by atoms with E-state index in [9.17, 15) is 20.4 Å². The molecule has 1 atom stereocenters. The Morgan fingerprint density at radius 3 is 1.42 bits per heavy atom. The Hall–Kier alpha value is -0.200. The van der Waals surface area contributed by atoms with E-state index in [1.54, 1.807) is 13.8 Å². The minimum Gasteiger partial charge on any atom is -0.396 e. The second-order valence-corrected chi connectivity index (χ2v) is 7.00. The molecule has 5 heteroatoms. The third-order valence-corrected chi connectivity index (χ3v) is 4.30. The lowest BCUT2D eigenvalue weighted by Gasteiger charge is -2.61. The summed E-state index contributed by atoms with van der Waals surface area (Å²) in [6, 6.07) is 0. The van der Waals surface area contributed by atoms with Crippen molar-refractivity contribution in [3.05, 3.63) is 0 Å². The number of hydrogen-bond acceptors (Lipinski definition) is 5. The summed E-state index contributed by atoms with van der Waals surface area (Å²) in [6.07, 6.45) is -1.16. The lowest BCUT2D eigenvalue weighted by molar-refractivity contribution is -0.274. The molecule has 0 spiro atoms. The van der Waals surface area contributed by atoms with Crippen molar-refractivity contribution in [3.8, 4) is 0 Å². The normalized spacial score (nSPS) is 16.6. The summed E-state index contributed by atoms with van der Waals surface area (Å²) in [6.45, 7) is 8.80. The van der Waals surface area contributed by atoms with E-state index in [4.69, 9.17) is 5.11 Å². The van der Waals surface area contributed by atoms with Crippen molar-refractivity contribution in [2.24, 2.45) is 10.8 Å². The molecule has 0 bridgehead atoms. The highest BCUT2D eigenvalue weighted by Crippen LogP contribution is 2.56. The van der Waals surface area contributed by atoms with Gasteiger partial charge in [-0.3, -0.25) is 0 Å². The van der Waals surface area contributed by atoms with Gasteiger partial charge in [0.15, 0.2) is 0 Å². The molecule has 0 radical (unpaired) electrons. The van der Waals surface area contributed by atoms with E-state index in [1.165, 1.54) is 27.7 Å². The maximum absolute atomic E-state index is 10.6. The molecule has 0 saturated carbocycles. The minimum absolute atomic E-state index is 0.0113. The second-order valence-electron chi connectivity index (χ2n) is 7.00. The molecule has 5 nitrogen and oxygen atoms in total. The van der Waals surface area contributed by atoms with Gasteiger partial charge in [0, 0.05) is 18.6 Å². The highest BCUT2D eigenvalue weighted by molar-refractivity contribution is 5.14. The molecule has 19 heavy (non-hydrogen) atoms. The van der Waals surface area contributed by atoms with Gasteiger partial charge in [-0.25, -0.2) is 0 Å². The first-order chi connectivity index (χ1) is 8.29. The maximum Gasteiger partial charge on any atom is 0.0705 e. The molecule has 0 saturated heterocycles. The van der Waals surface area contributed by atoms with E-state index in [2.05, 4.69) is 0 Å². The van der Waals surface area contributed by atoms with E-state index in [0.717, 1.165) is 0 Å². The van der Waals surface area contributed by atoms with Gasteiger partial charge in [0.05, 0.1) is 22.7 Å². The highest BCUT2D eigenvalue weighted by Gasteiger charge is 2.65. The van der Waals surface area contributed by atoms with Crippen LogP contribution in [0.2, 0.25) is 0 Å². The summed E-state index contributed by atoms with van der Waals surface area (Å²) in [5.41, 5.74) is -5.30. The average Bonchev–Trinajstić information content (AvgIpc) is 2.13. The summed E-state index contributed by atoms with van der Waals surface area (Å²) in [4.78, 5) is 0. The van der Waals surface area contributed by atoms with Gasteiger partial charge in [0.2, 0.25) is 0 Å². The topological polar surface area (TPSA) is 101 Å². The van der Waals surface area contributed by atoms with Crippen LogP contribution >= 0.6 is 0 Å². The number of hydrogen-bond donors (Lipinski definition) is 5. The summed E-state index contributed by atoms with van der Waals surface area (Å²) in [5.74, 6) is 0. The Bertz CT molecular complexity index is 271. The Balaban J connectivity index is 6.22. The molecule has 1 unspecified atom stereocenters. The van der Waals surface area contributed by atoms with Crippen LogP contribution in [0.1, 0.15) is 48.0 Å². The fourth-order valence-corrected chi connectivity index (χ4v) is 4.13. The van der Waals surface area contributed by atoms with Crippen LogP contribution in [0, 0.1) is 10.8 Å². The second kappa shape index (κ2) is 5.66. The zero-order valence-corrected chi connectivity index (χ0v) is 12.9. The highest BCUT2D eigenvalue weighted by atomic mass is 16.3. The summed E-state index contributed by atoms with van der Waals surface area (Å²) >= 11 is 0. The van der Waals surface area contributed by atoms with Crippen molar-refractivity contribution in [1.29, 1.82) is 0 Å². The van der Waals surface area contributed by atoms with Crippen molar-refractivity contribution >= 4 is 0 Å². The van der Waals surface area contributed by atoms with Crippen LogP contribution in [0.25, 0.3) is 0 Å². The SMILES string of the molecule is CC(C)(O)C(C(O)CCO)(C(C)(C)O)C(C)(C)CO. The summed E-state index contributed by atoms with van der Waals surface area (Å²) in [5, 5.41) is 50.5. The molecule has 0 aromatic carbocycles. The van der Waals surface area contributed by atoms with Gasteiger partial charge in [-0.1, -0.05) is 13.8 Å². The zero-order valence-electron chi connectivity index (χ0n) is 12.9. The molecular formula is C14H30O5. The molecule has 0 aliphatic carbocycles. The van der Waals surface area contributed by atoms with Crippen LogP contribution in [-0.4, -0.2) is 56.1 Å². The van der Waals surface area contributed by atoms with E-state index >= 15 is 0 Å². The molecule has 0 aromatic heterocycles. The Morgan fingerprint density at radius 2 is 1.21 bits per heavy atom. The third-order valence-electron chi connectivity index (χ3n) is 4.30. The van der Waals surface area contributed by atoms with Crippen molar-refractivity contribution in [3.63, 3.8) is 0 Å². The van der Waals surface area contributed by atoms with Crippen LogP contribution in [0.15, 0.2) is 0 Å². The molecule has 116 valence electrons. The van der Waals surface area contributed by atoms with Gasteiger partial charge < -0.3 is 25.5 Å². The number of aliphatic hydroxyl groups is 5. The van der Waals surface area contributed by atoms with Gasteiger partial charge in [-0.2, -0.15) is 0 Å². The smallest absolute Gasteiger partial charge is 0.0705 e. The predicted molar refractivity (Wildman–Crippen MR) is 73.6 cm³/mol. The number of aliphatic hydroxyl groups excluding tert-OH is 3. The largest absolute Gasteiger partial charge is 0.396 e. The molecule has 0 fully saturated rings. The van der Waals surface area contributed by atoms with Crippen molar-refractivity contribution in [2.45, 2.75) is 65.3 Å². The minimum atomic E-state index is -1.47. The first-order valence-corrected chi connectivity index (χ1v) is 6.64. The van der Waals surface area contributed by atoms with Gasteiger partial charge in [0.1, 0.15) is 0 Å². The fraction of sp³-hybridized carbons (Fsp3) is 1.00. The van der Waals surface area contributed by atoms with Crippen molar-refractivity contribution in [1.82, 2.24) is 0 Å². The summed E-state index contributed by atoms with van der Waals surface area (Å²) < 4.78 is 0. The molecule has 0 aliphatic heterocycles. The van der Waals surface area contributed by atoms with Crippen LogP contribution in [0.4, 0.5) is 0 Å². The molecule has 0 rings (SSSR count). The average molecular weight is 278 g/mol. The monoisotopic (exact) mass is 278 g/mol. The Labute approximate surface area is 115 Å². The summed E-state index contributed by atoms with van der Waals surface area (Å²) in [7, 11) is 0. The van der Waals surface area contributed by atoms with E-state index in [0.29, 0.717) is 0 Å². The lowest BCUT2D eigenvalue weighted by atomic mass is 9.48. The molecule has 0 amide bonds. The van der Waals surface area contributed by atoms with Crippen LogP contribution in [0.5, 0.6) is 0 Å². The van der Waals surface area contributed by atoms with Crippen LogP contribution < -0.4 is 0 Å². The van der Waals surface area contributed by atoms with Gasteiger partial charge in [-0.05, 0) is 34.1 Å². The number of rotatable bonds is 7. The van der Waals surface area contributed by atoms with E-state index < -0.39 is 28.1 Å². The van der Waals surface area contributed by atoms with E-state index in [-0.39, 0.29) is 19.6 Å².